The fourth-order valence-corrected chi connectivity index (χ4v) is 1.90. The van der Waals surface area contributed by atoms with Crippen LogP contribution in [0.15, 0.2) is 23.1 Å². The number of hydrogen-bond acceptors (Lipinski definition) is 3. The van der Waals surface area contributed by atoms with Crippen LogP contribution < -0.4 is 5.73 Å². The van der Waals surface area contributed by atoms with E-state index in [0.717, 1.165) is 16.0 Å². The molecule has 0 spiro atoms. The Balaban J connectivity index is 2.85. The van der Waals surface area contributed by atoms with E-state index in [1.807, 2.05) is 32.0 Å². The lowest BCUT2D eigenvalue weighted by atomic mass is 10.2. The Morgan fingerprint density at radius 1 is 1.50 bits per heavy atom. The lowest BCUT2D eigenvalue weighted by Crippen LogP contribution is -2.26. The minimum Gasteiger partial charge on any atom is -0.479 e. The molecule has 4 heteroatoms. The van der Waals surface area contributed by atoms with Crippen molar-refractivity contribution < 1.29 is 9.90 Å². The summed E-state index contributed by atoms with van der Waals surface area (Å²) in [6.07, 6.45) is 0. The summed E-state index contributed by atoms with van der Waals surface area (Å²) in [5.74, 6) is -0.990. The number of benzene rings is 1. The average Bonchev–Trinajstić information content (AvgIpc) is 2.11. The molecule has 76 valence electrons. The Morgan fingerprint density at radius 2 is 2.14 bits per heavy atom. The third-order valence-corrected chi connectivity index (χ3v) is 2.99. The third kappa shape index (κ3) is 2.75. The first kappa shape index (κ1) is 11.1. The van der Waals surface area contributed by atoms with Crippen LogP contribution in [0.3, 0.4) is 0 Å². The van der Waals surface area contributed by atoms with Crippen molar-refractivity contribution in [1.29, 1.82) is 0 Å². The molecule has 0 aliphatic carbocycles. The van der Waals surface area contributed by atoms with Crippen molar-refractivity contribution in [2.24, 2.45) is 5.73 Å². The number of carbonyl (C=O) groups is 1. The van der Waals surface area contributed by atoms with Crippen LogP contribution >= 0.6 is 11.8 Å². The van der Waals surface area contributed by atoms with E-state index in [2.05, 4.69) is 0 Å². The first-order chi connectivity index (χ1) is 6.50. The molecule has 1 atom stereocenters. The summed E-state index contributed by atoms with van der Waals surface area (Å²) in [5.41, 5.74) is 7.59. The molecule has 0 saturated heterocycles. The van der Waals surface area contributed by atoms with Gasteiger partial charge in [0.1, 0.15) is 0 Å². The molecule has 0 aromatic heterocycles. The Morgan fingerprint density at radius 3 is 2.71 bits per heavy atom. The maximum Gasteiger partial charge on any atom is 0.331 e. The zero-order chi connectivity index (χ0) is 10.7. The van der Waals surface area contributed by atoms with Crippen molar-refractivity contribution in [2.45, 2.75) is 24.1 Å². The molecule has 1 aromatic carbocycles. The minimum atomic E-state index is -0.990. The van der Waals surface area contributed by atoms with Crippen molar-refractivity contribution >= 4 is 17.7 Å². The van der Waals surface area contributed by atoms with Gasteiger partial charge in [0, 0.05) is 4.90 Å². The van der Waals surface area contributed by atoms with Crippen LogP contribution in [0.1, 0.15) is 11.1 Å². The predicted octanol–water partition coefficient (Wildman–Crippen LogP) is 1.76. The summed E-state index contributed by atoms with van der Waals surface area (Å²) in [7, 11) is 0. The molecule has 0 radical (unpaired) electrons. The van der Waals surface area contributed by atoms with Crippen LogP contribution in [0.2, 0.25) is 0 Å². The van der Waals surface area contributed by atoms with Crippen LogP contribution in [0.25, 0.3) is 0 Å². The molecule has 14 heavy (non-hydrogen) atoms. The third-order valence-electron chi connectivity index (χ3n) is 1.84. The Bertz CT molecular complexity index is 352. The summed E-state index contributed by atoms with van der Waals surface area (Å²) < 4.78 is 0. The zero-order valence-corrected chi connectivity index (χ0v) is 8.97. The zero-order valence-electron chi connectivity index (χ0n) is 8.15. The highest BCUT2D eigenvalue weighted by Gasteiger charge is 2.13. The Kier molecular flexibility index (Phi) is 3.55. The normalized spacial score (nSPS) is 12.5. The highest BCUT2D eigenvalue weighted by Crippen LogP contribution is 2.25. The number of carboxylic acids is 1. The highest BCUT2D eigenvalue weighted by atomic mass is 32.2. The first-order valence-electron chi connectivity index (χ1n) is 4.23. The van der Waals surface area contributed by atoms with Gasteiger partial charge in [-0.1, -0.05) is 23.9 Å². The monoisotopic (exact) mass is 211 g/mol. The fraction of sp³-hybridized carbons (Fsp3) is 0.300. The Hall–Kier alpha value is -1.00. The van der Waals surface area contributed by atoms with E-state index in [0.29, 0.717) is 0 Å². The van der Waals surface area contributed by atoms with Crippen LogP contribution in [-0.4, -0.2) is 16.4 Å². The van der Waals surface area contributed by atoms with Crippen LogP contribution in [0.4, 0.5) is 0 Å². The van der Waals surface area contributed by atoms with E-state index in [1.54, 1.807) is 0 Å². The topological polar surface area (TPSA) is 63.3 Å². The van der Waals surface area contributed by atoms with Crippen molar-refractivity contribution in [3.63, 3.8) is 0 Å². The number of hydrogen-bond donors (Lipinski definition) is 2. The molecule has 1 unspecified atom stereocenters. The summed E-state index contributed by atoms with van der Waals surface area (Å²) in [6.45, 7) is 3.91. The van der Waals surface area contributed by atoms with Crippen LogP contribution in [-0.2, 0) is 4.79 Å². The van der Waals surface area contributed by atoms with Gasteiger partial charge < -0.3 is 10.8 Å². The lowest BCUT2D eigenvalue weighted by Gasteiger charge is -2.09. The van der Waals surface area contributed by atoms with E-state index in [-0.39, 0.29) is 0 Å². The molecule has 0 aliphatic heterocycles. The fourth-order valence-electron chi connectivity index (χ4n) is 1.02. The molecular weight excluding hydrogens is 198 g/mol. The number of aryl methyl sites for hydroxylation is 2. The molecule has 0 saturated carbocycles. The quantitative estimate of drug-likeness (QED) is 0.590. The van der Waals surface area contributed by atoms with Crippen LogP contribution in [0.5, 0.6) is 0 Å². The molecule has 3 N–H and O–H groups in total. The van der Waals surface area contributed by atoms with Crippen LogP contribution in [0, 0.1) is 13.8 Å². The van der Waals surface area contributed by atoms with Crippen molar-refractivity contribution in [1.82, 2.24) is 0 Å². The van der Waals surface area contributed by atoms with Gasteiger partial charge in [0.15, 0.2) is 5.37 Å². The van der Waals surface area contributed by atoms with Crippen molar-refractivity contribution in [3.05, 3.63) is 29.3 Å². The smallest absolute Gasteiger partial charge is 0.331 e. The van der Waals surface area contributed by atoms with Gasteiger partial charge in [-0.3, -0.25) is 0 Å². The molecule has 1 aromatic rings. The van der Waals surface area contributed by atoms with E-state index in [1.165, 1.54) is 11.8 Å². The van der Waals surface area contributed by atoms with E-state index in [9.17, 15) is 4.79 Å². The first-order valence-corrected chi connectivity index (χ1v) is 5.11. The average molecular weight is 211 g/mol. The Labute approximate surface area is 87.3 Å². The van der Waals surface area contributed by atoms with Crippen molar-refractivity contribution in [2.75, 3.05) is 0 Å². The second kappa shape index (κ2) is 4.48. The maximum absolute atomic E-state index is 10.6. The molecular formula is C10H13NO2S. The minimum absolute atomic E-state index is 0.893. The molecule has 0 amide bonds. The number of aliphatic carboxylic acids is 1. The molecule has 0 fully saturated rings. The summed E-state index contributed by atoms with van der Waals surface area (Å²) in [5, 5.41) is 7.76. The summed E-state index contributed by atoms with van der Waals surface area (Å²) in [4.78, 5) is 11.5. The lowest BCUT2D eigenvalue weighted by molar-refractivity contribution is -0.136. The van der Waals surface area contributed by atoms with Crippen molar-refractivity contribution in [3.8, 4) is 0 Å². The number of nitrogens with two attached hydrogens (primary N) is 1. The summed E-state index contributed by atoms with van der Waals surface area (Å²) >= 11 is 1.17. The van der Waals surface area contributed by atoms with Gasteiger partial charge in [0.2, 0.25) is 0 Å². The van der Waals surface area contributed by atoms with E-state index < -0.39 is 11.3 Å². The SMILES string of the molecule is Cc1ccc(C)c(SC(N)C(=O)O)c1. The van der Waals surface area contributed by atoms with Gasteiger partial charge >= 0.3 is 5.97 Å². The second-order valence-electron chi connectivity index (χ2n) is 3.15. The molecule has 0 bridgehead atoms. The standard InChI is InChI=1S/C10H13NO2S/c1-6-3-4-7(2)8(5-6)14-9(11)10(12)13/h3-5,9H,11H2,1-2H3,(H,12,13). The molecule has 3 nitrogen and oxygen atoms in total. The van der Waals surface area contributed by atoms with E-state index >= 15 is 0 Å². The van der Waals surface area contributed by atoms with Gasteiger partial charge in [0.25, 0.3) is 0 Å². The summed E-state index contributed by atoms with van der Waals surface area (Å²) in [6, 6.07) is 5.90. The largest absolute Gasteiger partial charge is 0.479 e. The number of rotatable bonds is 3. The molecule has 1 rings (SSSR count). The van der Waals surface area contributed by atoms with E-state index in [4.69, 9.17) is 10.8 Å². The number of thioether (sulfide) groups is 1. The van der Waals surface area contributed by atoms with Gasteiger partial charge in [-0.15, -0.1) is 0 Å². The molecule has 0 heterocycles. The van der Waals surface area contributed by atoms with Gasteiger partial charge in [-0.2, -0.15) is 0 Å². The second-order valence-corrected chi connectivity index (χ2v) is 4.33. The van der Waals surface area contributed by atoms with Gasteiger partial charge in [-0.25, -0.2) is 4.79 Å². The number of carboxylic acid groups (broad SMARTS) is 1. The predicted molar refractivity (Wildman–Crippen MR) is 57.4 cm³/mol. The van der Waals surface area contributed by atoms with Gasteiger partial charge in [0.05, 0.1) is 0 Å². The van der Waals surface area contributed by atoms with Gasteiger partial charge in [-0.05, 0) is 31.0 Å². The molecule has 0 aliphatic rings. The maximum atomic E-state index is 10.6. The highest BCUT2D eigenvalue weighted by molar-refractivity contribution is 8.00.